The Morgan fingerprint density at radius 2 is 2.00 bits per heavy atom. The summed E-state index contributed by atoms with van der Waals surface area (Å²) in [6, 6.07) is 9.33. The van der Waals surface area contributed by atoms with Gasteiger partial charge >= 0.3 is 0 Å². The van der Waals surface area contributed by atoms with Gasteiger partial charge in [-0.2, -0.15) is 5.26 Å². The first kappa shape index (κ1) is 21.3. The maximum Gasteiger partial charge on any atom is 0.263 e. The first-order valence-corrected chi connectivity index (χ1v) is 10.3. The molecule has 11 heteroatoms. The predicted molar refractivity (Wildman–Crippen MR) is 107 cm³/mol. The monoisotopic (exact) mass is 448 g/mol. The molecule has 1 N–H and O–H groups in total. The van der Waals surface area contributed by atoms with Crippen molar-refractivity contribution in [3.63, 3.8) is 0 Å². The number of nitriles is 1. The number of nitrogens with one attached hydrogen (secondary N) is 1. The van der Waals surface area contributed by atoms with Crippen LogP contribution in [0, 0.1) is 17.1 Å². The van der Waals surface area contributed by atoms with Crippen LogP contribution in [0.2, 0.25) is 5.02 Å². The standard InChI is InChI=1S/C19H14ClFN4O4S/c1-2-28-19-16(20)8-14(11-24-19)29-17-5-4-15(7-12(17)9-22)30(26,27)25-18-6-3-13(21)10-23-18/h3-8,10-11H,2H2,1H3,(H,23,25). The van der Waals surface area contributed by atoms with Gasteiger partial charge in [0.25, 0.3) is 10.0 Å². The molecule has 0 unspecified atom stereocenters. The lowest BCUT2D eigenvalue weighted by molar-refractivity contribution is 0.326. The maximum absolute atomic E-state index is 12.9. The van der Waals surface area contributed by atoms with Gasteiger partial charge in [-0.15, -0.1) is 0 Å². The van der Waals surface area contributed by atoms with Gasteiger partial charge < -0.3 is 9.47 Å². The van der Waals surface area contributed by atoms with Gasteiger partial charge in [-0.25, -0.2) is 22.8 Å². The molecule has 0 saturated heterocycles. The minimum Gasteiger partial charge on any atom is -0.477 e. The molecule has 0 aliphatic heterocycles. The Balaban J connectivity index is 1.85. The molecular weight excluding hydrogens is 435 g/mol. The van der Waals surface area contributed by atoms with E-state index >= 15 is 0 Å². The van der Waals surface area contributed by atoms with Crippen molar-refractivity contribution in [3.05, 3.63) is 65.2 Å². The van der Waals surface area contributed by atoms with Gasteiger partial charge in [0, 0.05) is 6.07 Å². The molecule has 30 heavy (non-hydrogen) atoms. The zero-order valence-electron chi connectivity index (χ0n) is 15.5. The van der Waals surface area contributed by atoms with Crippen molar-refractivity contribution in [2.24, 2.45) is 0 Å². The van der Waals surface area contributed by atoms with Crippen molar-refractivity contribution in [3.8, 4) is 23.4 Å². The van der Waals surface area contributed by atoms with Crippen molar-refractivity contribution < 1.29 is 22.3 Å². The molecular formula is C19H14ClFN4O4S. The molecule has 0 atom stereocenters. The van der Waals surface area contributed by atoms with Gasteiger partial charge in [0.15, 0.2) is 0 Å². The first-order valence-electron chi connectivity index (χ1n) is 8.47. The van der Waals surface area contributed by atoms with Crippen molar-refractivity contribution in [2.75, 3.05) is 11.3 Å². The highest BCUT2D eigenvalue weighted by molar-refractivity contribution is 7.92. The van der Waals surface area contributed by atoms with E-state index in [1.807, 2.05) is 6.07 Å². The summed E-state index contributed by atoms with van der Waals surface area (Å²) in [6.45, 7) is 2.18. The van der Waals surface area contributed by atoms with E-state index in [2.05, 4.69) is 14.7 Å². The number of halogens is 2. The van der Waals surface area contributed by atoms with Crippen LogP contribution in [0.1, 0.15) is 12.5 Å². The number of sulfonamides is 1. The molecule has 0 fully saturated rings. The summed E-state index contributed by atoms with van der Waals surface area (Å²) < 4.78 is 51.1. The second kappa shape index (κ2) is 8.94. The number of aromatic nitrogens is 2. The Morgan fingerprint density at radius 3 is 2.63 bits per heavy atom. The van der Waals surface area contributed by atoms with E-state index < -0.39 is 15.8 Å². The Bertz CT molecular complexity index is 1210. The Hall–Kier alpha value is -3.42. The maximum atomic E-state index is 12.9. The second-order valence-electron chi connectivity index (χ2n) is 5.73. The summed E-state index contributed by atoms with van der Waals surface area (Å²) in [5.74, 6) is -0.0723. The van der Waals surface area contributed by atoms with E-state index in [9.17, 15) is 18.1 Å². The highest BCUT2D eigenvalue weighted by Gasteiger charge is 2.18. The lowest BCUT2D eigenvalue weighted by Crippen LogP contribution is -2.14. The molecule has 0 saturated carbocycles. The fourth-order valence-electron chi connectivity index (χ4n) is 2.32. The van der Waals surface area contributed by atoms with Crippen molar-refractivity contribution in [2.45, 2.75) is 11.8 Å². The number of anilines is 1. The molecule has 0 amide bonds. The third-order valence-corrected chi connectivity index (χ3v) is 5.26. The third-order valence-electron chi connectivity index (χ3n) is 3.64. The van der Waals surface area contributed by atoms with Crippen LogP contribution in [-0.4, -0.2) is 25.0 Å². The summed E-state index contributed by atoms with van der Waals surface area (Å²) in [7, 11) is -4.06. The van der Waals surface area contributed by atoms with Gasteiger partial charge in [-0.1, -0.05) is 11.6 Å². The van der Waals surface area contributed by atoms with Gasteiger partial charge in [-0.3, -0.25) is 4.72 Å². The molecule has 1 aromatic carbocycles. The normalized spacial score (nSPS) is 10.9. The van der Waals surface area contributed by atoms with Crippen LogP contribution in [0.3, 0.4) is 0 Å². The molecule has 0 radical (unpaired) electrons. The third kappa shape index (κ3) is 4.94. The Labute approximate surface area is 176 Å². The van der Waals surface area contributed by atoms with Crippen LogP contribution in [0.25, 0.3) is 0 Å². The summed E-state index contributed by atoms with van der Waals surface area (Å²) >= 11 is 6.07. The van der Waals surface area contributed by atoms with Crippen LogP contribution < -0.4 is 14.2 Å². The van der Waals surface area contributed by atoms with Crippen LogP contribution in [-0.2, 0) is 10.0 Å². The molecule has 2 heterocycles. The Morgan fingerprint density at radius 1 is 1.20 bits per heavy atom. The predicted octanol–water partition coefficient (Wildman–Crippen LogP) is 4.13. The summed E-state index contributed by atoms with van der Waals surface area (Å²) in [5, 5.41) is 9.64. The highest BCUT2D eigenvalue weighted by Crippen LogP contribution is 2.31. The molecule has 0 aliphatic carbocycles. The number of pyridine rings is 2. The van der Waals surface area contributed by atoms with Gasteiger partial charge in [-0.05, 0) is 37.3 Å². The molecule has 0 spiro atoms. The van der Waals surface area contributed by atoms with E-state index in [1.54, 1.807) is 6.92 Å². The number of rotatable bonds is 7. The lowest BCUT2D eigenvalue weighted by Gasteiger charge is -2.11. The minimum absolute atomic E-state index is 0.0325. The lowest BCUT2D eigenvalue weighted by atomic mass is 10.2. The SMILES string of the molecule is CCOc1ncc(Oc2ccc(S(=O)(=O)Nc3ccc(F)cn3)cc2C#N)cc1Cl. The van der Waals surface area contributed by atoms with E-state index in [-0.39, 0.29) is 38.7 Å². The van der Waals surface area contributed by atoms with E-state index in [0.717, 1.165) is 18.3 Å². The van der Waals surface area contributed by atoms with Crippen LogP contribution in [0.5, 0.6) is 17.4 Å². The largest absolute Gasteiger partial charge is 0.477 e. The average Bonchev–Trinajstić information content (AvgIpc) is 2.72. The smallest absolute Gasteiger partial charge is 0.263 e. The van der Waals surface area contributed by atoms with E-state index in [0.29, 0.717) is 6.61 Å². The van der Waals surface area contributed by atoms with Crippen molar-refractivity contribution >= 4 is 27.4 Å². The van der Waals surface area contributed by atoms with Crippen molar-refractivity contribution in [1.82, 2.24) is 9.97 Å². The van der Waals surface area contributed by atoms with E-state index in [4.69, 9.17) is 21.1 Å². The Kier molecular flexibility index (Phi) is 6.34. The summed E-state index contributed by atoms with van der Waals surface area (Å²) in [5.41, 5.74) is -0.0325. The molecule has 0 bridgehead atoms. The van der Waals surface area contributed by atoms with Gasteiger partial charge in [0.1, 0.15) is 34.2 Å². The molecule has 3 rings (SSSR count). The first-order chi connectivity index (χ1) is 14.3. The van der Waals surface area contributed by atoms with E-state index in [1.165, 1.54) is 30.5 Å². The van der Waals surface area contributed by atoms with Crippen LogP contribution in [0.4, 0.5) is 10.2 Å². The molecule has 2 aromatic heterocycles. The number of hydrogen-bond donors (Lipinski definition) is 1. The molecule has 3 aromatic rings. The fraction of sp³-hybridized carbons (Fsp3) is 0.105. The van der Waals surface area contributed by atoms with Crippen molar-refractivity contribution in [1.29, 1.82) is 5.26 Å². The topological polar surface area (TPSA) is 114 Å². The molecule has 8 nitrogen and oxygen atoms in total. The summed E-state index contributed by atoms with van der Waals surface area (Å²) in [6.07, 6.45) is 2.25. The van der Waals surface area contributed by atoms with Gasteiger partial charge in [0.05, 0.1) is 29.5 Å². The number of nitrogens with zero attached hydrogens (tertiary/aromatic N) is 3. The number of benzene rings is 1. The average molecular weight is 449 g/mol. The van der Waals surface area contributed by atoms with Crippen LogP contribution in [0.15, 0.2) is 53.7 Å². The fourth-order valence-corrected chi connectivity index (χ4v) is 3.56. The zero-order chi connectivity index (χ0) is 21.7. The minimum atomic E-state index is -4.06. The molecule has 0 aliphatic rings. The zero-order valence-corrected chi connectivity index (χ0v) is 17.0. The van der Waals surface area contributed by atoms with Crippen LogP contribution >= 0.6 is 11.6 Å². The molecule has 154 valence electrons. The summed E-state index contributed by atoms with van der Waals surface area (Å²) in [4.78, 5) is 7.48. The highest BCUT2D eigenvalue weighted by atomic mass is 35.5. The second-order valence-corrected chi connectivity index (χ2v) is 7.82. The quantitative estimate of drug-likeness (QED) is 0.577. The van der Waals surface area contributed by atoms with Gasteiger partial charge in [0.2, 0.25) is 5.88 Å². The number of hydrogen-bond acceptors (Lipinski definition) is 7. The number of ether oxygens (including phenoxy) is 2.